The molecular formula is C18H14FNO3. The van der Waals surface area contributed by atoms with E-state index in [1.165, 1.54) is 12.1 Å². The highest BCUT2D eigenvalue weighted by Crippen LogP contribution is 2.23. The molecule has 1 aliphatic heterocycles. The Morgan fingerprint density at radius 2 is 1.91 bits per heavy atom. The summed E-state index contributed by atoms with van der Waals surface area (Å²) in [6.07, 6.45) is 1.95. The highest BCUT2D eigenvalue weighted by Gasteiger charge is 2.23. The van der Waals surface area contributed by atoms with Gasteiger partial charge in [-0.2, -0.15) is 0 Å². The van der Waals surface area contributed by atoms with Crippen molar-refractivity contribution in [1.29, 1.82) is 0 Å². The van der Waals surface area contributed by atoms with Crippen molar-refractivity contribution in [3.63, 3.8) is 0 Å². The number of methoxy groups -OCH3 is 1. The van der Waals surface area contributed by atoms with E-state index >= 15 is 0 Å². The molecule has 23 heavy (non-hydrogen) atoms. The molecule has 0 aliphatic carbocycles. The zero-order chi connectivity index (χ0) is 16.2. The molecule has 1 aliphatic rings. The van der Waals surface area contributed by atoms with Gasteiger partial charge in [0.25, 0.3) is 0 Å². The van der Waals surface area contributed by atoms with Gasteiger partial charge in [0, 0.05) is 12.0 Å². The van der Waals surface area contributed by atoms with Gasteiger partial charge < -0.3 is 9.47 Å². The summed E-state index contributed by atoms with van der Waals surface area (Å²) in [4.78, 5) is 16.1. The molecule has 0 saturated heterocycles. The van der Waals surface area contributed by atoms with Gasteiger partial charge in [-0.1, -0.05) is 30.3 Å². The predicted molar refractivity (Wildman–Crippen MR) is 84.6 cm³/mol. The van der Waals surface area contributed by atoms with Crippen LogP contribution >= 0.6 is 0 Å². The standard InChI is InChI=1S/C18H14FNO3/c1-22-16-5-3-2-4-13(16)11-15-18(21)23-17(20-15)10-12-6-8-14(19)9-7-12/h2-9,11H,10H2,1H3/b15-11-. The second-order valence-electron chi connectivity index (χ2n) is 4.97. The first kappa shape index (κ1) is 15.0. The van der Waals surface area contributed by atoms with Crippen LogP contribution in [-0.4, -0.2) is 19.0 Å². The average Bonchev–Trinajstić information content (AvgIpc) is 2.90. The number of carbonyl (C=O) groups excluding carboxylic acids is 1. The Balaban J connectivity index is 1.83. The molecule has 0 amide bonds. The Morgan fingerprint density at radius 1 is 1.17 bits per heavy atom. The quantitative estimate of drug-likeness (QED) is 0.642. The van der Waals surface area contributed by atoms with Crippen molar-refractivity contribution in [3.05, 3.63) is 71.2 Å². The second kappa shape index (κ2) is 6.44. The maximum Gasteiger partial charge on any atom is 0.363 e. The van der Waals surface area contributed by atoms with Crippen LogP contribution in [0.2, 0.25) is 0 Å². The van der Waals surface area contributed by atoms with Gasteiger partial charge in [0.05, 0.1) is 7.11 Å². The van der Waals surface area contributed by atoms with Gasteiger partial charge in [-0.05, 0) is 29.8 Å². The van der Waals surface area contributed by atoms with E-state index in [-0.39, 0.29) is 11.5 Å². The third-order valence-corrected chi connectivity index (χ3v) is 3.36. The number of hydrogen-bond donors (Lipinski definition) is 0. The van der Waals surface area contributed by atoms with Gasteiger partial charge in [-0.25, -0.2) is 14.2 Å². The smallest absolute Gasteiger partial charge is 0.363 e. The van der Waals surface area contributed by atoms with E-state index in [4.69, 9.17) is 9.47 Å². The van der Waals surface area contributed by atoms with Crippen LogP contribution in [0.3, 0.4) is 0 Å². The topological polar surface area (TPSA) is 47.9 Å². The van der Waals surface area contributed by atoms with E-state index < -0.39 is 5.97 Å². The van der Waals surface area contributed by atoms with Crippen LogP contribution in [0.5, 0.6) is 5.75 Å². The van der Waals surface area contributed by atoms with Gasteiger partial charge in [0.15, 0.2) is 5.70 Å². The number of rotatable bonds is 4. The molecule has 0 saturated carbocycles. The Hall–Kier alpha value is -2.95. The van der Waals surface area contributed by atoms with Gasteiger partial charge >= 0.3 is 5.97 Å². The third kappa shape index (κ3) is 3.45. The number of para-hydroxylation sites is 1. The summed E-state index contributed by atoms with van der Waals surface area (Å²) in [7, 11) is 1.56. The number of cyclic esters (lactones) is 1. The Bertz CT molecular complexity index is 794. The van der Waals surface area contributed by atoms with Crippen molar-refractivity contribution in [2.75, 3.05) is 7.11 Å². The highest BCUT2D eigenvalue weighted by molar-refractivity contribution is 6.07. The molecular weight excluding hydrogens is 297 g/mol. The van der Waals surface area contributed by atoms with Crippen LogP contribution in [0.15, 0.2) is 59.2 Å². The maximum atomic E-state index is 12.9. The first-order chi connectivity index (χ1) is 11.2. The van der Waals surface area contributed by atoms with Gasteiger partial charge in [0.2, 0.25) is 5.90 Å². The molecule has 1 heterocycles. The molecule has 3 rings (SSSR count). The minimum atomic E-state index is -0.506. The van der Waals surface area contributed by atoms with E-state index in [2.05, 4.69) is 4.99 Å². The van der Waals surface area contributed by atoms with Crippen molar-refractivity contribution < 1.29 is 18.7 Å². The highest BCUT2D eigenvalue weighted by atomic mass is 19.1. The molecule has 0 bridgehead atoms. The van der Waals surface area contributed by atoms with Gasteiger partial charge in [0.1, 0.15) is 11.6 Å². The zero-order valence-electron chi connectivity index (χ0n) is 12.5. The third-order valence-electron chi connectivity index (χ3n) is 3.36. The van der Waals surface area contributed by atoms with Crippen LogP contribution in [0.25, 0.3) is 6.08 Å². The van der Waals surface area contributed by atoms with E-state index in [0.717, 1.165) is 11.1 Å². The summed E-state index contributed by atoms with van der Waals surface area (Å²) < 4.78 is 23.3. The number of hydrogen-bond acceptors (Lipinski definition) is 4. The van der Waals surface area contributed by atoms with Gasteiger partial charge in [-0.15, -0.1) is 0 Å². The van der Waals surface area contributed by atoms with E-state index in [1.807, 2.05) is 18.2 Å². The summed E-state index contributed by atoms with van der Waals surface area (Å²) in [5.41, 5.74) is 1.77. The number of ether oxygens (including phenoxy) is 2. The maximum absolute atomic E-state index is 12.9. The molecule has 0 radical (unpaired) electrons. The number of esters is 1. The van der Waals surface area contributed by atoms with Crippen molar-refractivity contribution >= 4 is 17.9 Å². The molecule has 0 fully saturated rings. The average molecular weight is 311 g/mol. The number of halogens is 1. The second-order valence-corrected chi connectivity index (χ2v) is 4.97. The summed E-state index contributed by atoms with van der Waals surface area (Å²) in [5, 5.41) is 0. The lowest BCUT2D eigenvalue weighted by atomic mass is 10.1. The Labute approximate surface area is 132 Å². The number of aliphatic imine (C=N–C) groups is 1. The van der Waals surface area contributed by atoms with Crippen molar-refractivity contribution in [2.24, 2.45) is 4.99 Å². The monoisotopic (exact) mass is 311 g/mol. The largest absolute Gasteiger partial charge is 0.496 e. The summed E-state index contributed by atoms with van der Waals surface area (Å²) in [6, 6.07) is 13.3. The molecule has 2 aromatic carbocycles. The predicted octanol–water partition coefficient (Wildman–Crippen LogP) is 3.37. The van der Waals surface area contributed by atoms with E-state index in [9.17, 15) is 9.18 Å². The normalized spacial score (nSPS) is 15.5. The molecule has 0 aromatic heterocycles. The molecule has 2 aromatic rings. The minimum Gasteiger partial charge on any atom is -0.496 e. The molecule has 0 unspecified atom stereocenters. The molecule has 0 atom stereocenters. The minimum absolute atomic E-state index is 0.214. The summed E-state index contributed by atoms with van der Waals surface area (Å²) >= 11 is 0. The zero-order valence-corrected chi connectivity index (χ0v) is 12.5. The SMILES string of the molecule is COc1ccccc1/C=C1\N=C(Cc2ccc(F)cc2)OC1=O. The van der Waals surface area contributed by atoms with Crippen molar-refractivity contribution in [2.45, 2.75) is 6.42 Å². The summed E-state index contributed by atoms with van der Waals surface area (Å²) in [5.74, 6) is 0.127. The fourth-order valence-electron chi connectivity index (χ4n) is 2.24. The van der Waals surface area contributed by atoms with E-state index in [0.29, 0.717) is 18.1 Å². The molecule has 0 N–H and O–H groups in total. The van der Waals surface area contributed by atoms with E-state index in [1.54, 1.807) is 31.4 Å². The molecule has 4 nitrogen and oxygen atoms in total. The van der Waals surface area contributed by atoms with Crippen molar-refractivity contribution in [3.8, 4) is 5.75 Å². The van der Waals surface area contributed by atoms with Crippen molar-refractivity contribution in [1.82, 2.24) is 0 Å². The van der Waals surface area contributed by atoms with Crippen LogP contribution in [0.1, 0.15) is 11.1 Å². The molecule has 0 spiro atoms. The fraction of sp³-hybridized carbons (Fsp3) is 0.111. The van der Waals surface area contributed by atoms with Crippen LogP contribution in [0.4, 0.5) is 4.39 Å². The number of nitrogens with zero attached hydrogens (tertiary/aromatic N) is 1. The first-order valence-electron chi connectivity index (χ1n) is 7.04. The number of carbonyl (C=O) groups is 1. The van der Waals surface area contributed by atoms with Crippen LogP contribution in [-0.2, 0) is 16.0 Å². The van der Waals surface area contributed by atoms with Gasteiger partial charge in [-0.3, -0.25) is 0 Å². The Morgan fingerprint density at radius 3 is 2.65 bits per heavy atom. The molecule has 116 valence electrons. The summed E-state index contributed by atoms with van der Waals surface area (Å²) in [6.45, 7) is 0. The lowest BCUT2D eigenvalue weighted by Crippen LogP contribution is -2.06. The molecule has 5 heteroatoms. The lowest BCUT2D eigenvalue weighted by molar-refractivity contribution is -0.130. The van der Waals surface area contributed by atoms with Crippen LogP contribution in [0, 0.1) is 5.82 Å². The Kier molecular flexibility index (Phi) is 4.19. The van der Waals surface area contributed by atoms with Crippen LogP contribution < -0.4 is 4.74 Å². The first-order valence-corrected chi connectivity index (χ1v) is 7.04. The lowest BCUT2D eigenvalue weighted by Gasteiger charge is -2.03. The number of benzene rings is 2. The fourth-order valence-corrected chi connectivity index (χ4v) is 2.24.